The highest BCUT2D eigenvalue weighted by Crippen LogP contribution is 2.28. The van der Waals surface area contributed by atoms with Crippen LogP contribution >= 0.6 is 0 Å². The molecule has 1 aromatic heterocycles. The first-order valence-corrected chi connectivity index (χ1v) is 7.66. The van der Waals surface area contributed by atoms with Gasteiger partial charge in [0.1, 0.15) is 42.2 Å². The fourth-order valence-corrected chi connectivity index (χ4v) is 2.50. The molecule has 1 heterocycles. The molecule has 130 valence electrons. The summed E-state index contributed by atoms with van der Waals surface area (Å²) in [6.07, 6.45) is 2.71. The molecule has 25 heavy (non-hydrogen) atoms. The third kappa shape index (κ3) is 4.00. The van der Waals surface area contributed by atoms with E-state index in [2.05, 4.69) is 10.1 Å². The van der Waals surface area contributed by atoms with Gasteiger partial charge in [0.25, 0.3) is 0 Å². The van der Waals surface area contributed by atoms with Crippen LogP contribution in [0.5, 0.6) is 5.75 Å². The standard InChI is InChI=1S/C18H17F2N3O2/c1-13-2-5-15(6-3-13)25-10-18(24,9-23-12-21-11-22-23)16-7-4-14(19)8-17(16)20/h2-8,11-12,24H,9-10H2,1H3. The van der Waals surface area contributed by atoms with Crippen LogP contribution in [-0.4, -0.2) is 26.5 Å². The number of nitrogens with zero attached hydrogens (tertiary/aromatic N) is 3. The van der Waals surface area contributed by atoms with Gasteiger partial charge in [-0.1, -0.05) is 23.8 Å². The summed E-state index contributed by atoms with van der Waals surface area (Å²) in [4.78, 5) is 3.81. The molecule has 0 aliphatic carbocycles. The largest absolute Gasteiger partial charge is 0.490 e. The van der Waals surface area contributed by atoms with Crippen molar-refractivity contribution in [3.8, 4) is 5.75 Å². The lowest BCUT2D eigenvalue weighted by Gasteiger charge is -2.29. The lowest BCUT2D eigenvalue weighted by Crippen LogP contribution is -2.39. The van der Waals surface area contributed by atoms with Crippen LogP contribution in [0.2, 0.25) is 0 Å². The monoisotopic (exact) mass is 345 g/mol. The molecule has 1 atom stereocenters. The molecule has 0 amide bonds. The van der Waals surface area contributed by atoms with Gasteiger partial charge in [0.15, 0.2) is 0 Å². The highest BCUT2D eigenvalue weighted by Gasteiger charge is 2.34. The summed E-state index contributed by atoms with van der Waals surface area (Å²) in [5, 5.41) is 15.0. The second kappa shape index (κ2) is 6.98. The number of ether oxygens (including phenoxy) is 1. The SMILES string of the molecule is Cc1ccc(OCC(O)(Cn2cncn2)c2ccc(F)cc2F)cc1. The van der Waals surface area contributed by atoms with Crippen LogP contribution in [0.25, 0.3) is 0 Å². The van der Waals surface area contributed by atoms with Crippen LogP contribution in [-0.2, 0) is 12.1 Å². The molecule has 7 heteroatoms. The summed E-state index contributed by atoms with van der Waals surface area (Å²) >= 11 is 0. The number of halogens is 2. The van der Waals surface area contributed by atoms with Gasteiger partial charge in [-0.2, -0.15) is 5.10 Å². The maximum atomic E-state index is 14.3. The highest BCUT2D eigenvalue weighted by atomic mass is 19.1. The number of rotatable bonds is 6. The van der Waals surface area contributed by atoms with Crippen molar-refractivity contribution >= 4 is 0 Å². The van der Waals surface area contributed by atoms with Crippen LogP contribution in [0, 0.1) is 18.6 Å². The molecule has 1 unspecified atom stereocenters. The molecule has 0 aliphatic rings. The molecule has 0 spiro atoms. The fourth-order valence-electron chi connectivity index (χ4n) is 2.50. The van der Waals surface area contributed by atoms with Gasteiger partial charge in [-0.3, -0.25) is 0 Å². The third-order valence-corrected chi connectivity index (χ3v) is 3.82. The Balaban J connectivity index is 1.89. The molecule has 3 rings (SSSR count). The zero-order chi connectivity index (χ0) is 17.9. The van der Waals surface area contributed by atoms with Crippen LogP contribution in [0.4, 0.5) is 8.78 Å². The Labute approximate surface area is 143 Å². The lowest BCUT2D eigenvalue weighted by molar-refractivity contribution is -0.0297. The molecule has 2 aromatic carbocycles. The smallest absolute Gasteiger partial charge is 0.146 e. The van der Waals surface area contributed by atoms with Crippen molar-refractivity contribution in [3.63, 3.8) is 0 Å². The Morgan fingerprint density at radius 1 is 1.16 bits per heavy atom. The number of hydrogen-bond acceptors (Lipinski definition) is 4. The average molecular weight is 345 g/mol. The van der Waals surface area contributed by atoms with Crippen molar-refractivity contribution in [2.45, 2.75) is 19.1 Å². The van der Waals surface area contributed by atoms with E-state index in [0.29, 0.717) is 5.75 Å². The van der Waals surface area contributed by atoms with Crippen molar-refractivity contribution in [2.24, 2.45) is 0 Å². The first-order chi connectivity index (χ1) is 12.0. The van der Waals surface area contributed by atoms with Gasteiger partial charge in [0.2, 0.25) is 0 Å². The van der Waals surface area contributed by atoms with Crippen LogP contribution < -0.4 is 4.74 Å². The minimum Gasteiger partial charge on any atom is -0.490 e. The second-order valence-electron chi connectivity index (χ2n) is 5.85. The van der Waals surface area contributed by atoms with Gasteiger partial charge >= 0.3 is 0 Å². The molecule has 0 saturated carbocycles. The van der Waals surface area contributed by atoms with E-state index in [1.807, 2.05) is 19.1 Å². The van der Waals surface area contributed by atoms with Gasteiger partial charge in [-0.15, -0.1) is 0 Å². The predicted molar refractivity (Wildman–Crippen MR) is 87.0 cm³/mol. The maximum absolute atomic E-state index is 14.3. The summed E-state index contributed by atoms with van der Waals surface area (Å²) in [7, 11) is 0. The van der Waals surface area contributed by atoms with Gasteiger partial charge in [-0.25, -0.2) is 18.4 Å². The van der Waals surface area contributed by atoms with Crippen molar-refractivity contribution in [1.82, 2.24) is 14.8 Å². The molecule has 3 aromatic rings. The molecule has 0 bridgehead atoms. The summed E-state index contributed by atoms with van der Waals surface area (Å²) in [5.74, 6) is -1.04. The van der Waals surface area contributed by atoms with Crippen molar-refractivity contribution < 1.29 is 18.6 Å². The van der Waals surface area contributed by atoms with Crippen molar-refractivity contribution in [1.29, 1.82) is 0 Å². The molecule has 0 fully saturated rings. The predicted octanol–water partition coefficient (Wildman–Crippen LogP) is 2.83. The Hall–Kier alpha value is -2.80. The Bertz CT molecular complexity index is 838. The fraction of sp³-hybridized carbons (Fsp3) is 0.222. The zero-order valence-electron chi connectivity index (χ0n) is 13.6. The summed E-state index contributed by atoms with van der Waals surface area (Å²) in [5.41, 5.74) is -0.762. The van der Waals surface area contributed by atoms with E-state index in [9.17, 15) is 13.9 Å². The van der Waals surface area contributed by atoms with Gasteiger partial charge in [0.05, 0.1) is 6.54 Å². The van der Waals surface area contributed by atoms with E-state index < -0.39 is 17.2 Å². The number of hydrogen-bond donors (Lipinski definition) is 1. The number of benzene rings is 2. The van der Waals surface area contributed by atoms with E-state index in [-0.39, 0.29) is 18.7 Å². The van der Waals surface area contributed by atoms with E-state index in [1.165, 1.54) is 23.4 Å². The Morgan fingerprint density at radius 3 is 2.56 bits per heavy atom. The molecule has 1 N–H and O–H groups in total. The maximum Gasteiger partial charge on any atom is 0.146 e. The van der Waals surface area contributed by atoms with Crippen molar-refractivity contribution in [2.75, 3.05) is 6.61 Å². The number of aliphatic hydroxyl groups is 1. The van der Waals surface area contributed by atoms with Crippen LogP contribution in [0.15, 0.2) is 55.1 Å². The number of aryl methyl sites for hydroxylation is 1. The Kier molecular flexibility index (Phi) is 4.76. The molecule has 0 aliphatic heterocycles. The molecule has 0 radical (unpaired) electrons. The van der Waals surface area contributed by atoms with E-state index in [4.69, 9.17) is 4.74 Å². The molecule has 5 nitrogen and oxygen atoms in total. The Morgan fingerprint density at radius 2 is 1.92 bits per heavy atom. The second-order valence-corrected chi connectivity index (χ2v) is 5.85. The van der Waals surface area contributed by atoms with Crippen LogP contribution in [0.1, 0.15) is 11.1 Å². The van der Waals surface area contributed by atoms with E-state index >= 15 is 0 Å². The first-order valence-electron chi connectivity index (χ1n) is 7.66. The number of aromatic nitrogens is 3. The molecular formula is C18H17F2N3O2. The first kappa shape index (κ1) is 17.0. The minimum atomic E-state index is -1.75. The van der Waals surface area contributed by atoms with Crippen molar-refractivity contribution in [3.05, 3.63) is 77.9 Å². The topological polar surface area (TPSA) is 60.2 Å². The quantitative estimate of drug-likeness (QED) is 0.746. The van der Waals surface area contributed by atoms with Gasteiger partial charge in [0, 0.05) is 11.6 Å². The van der Waals surface area contributed by atoms with E-state index in [1.54, 1.807) is 12.1 Å². The minimum absolute atomic E-state index is 0.0727. The third-order valence-electron chi connectivity index (χ3n) is 3.82. The summed E-state index contributed by atoms with van der Waals surface area (Å²) in [6.45, 7) is 1.61. The van der Waals surface area contributed by atoms with Crippen LogP contribution in [0.3, 0.4) is 0 Å². The molecule has 0 saturated heterocycles. The average Bonchev–Trinajstić information content (AvgIpc) is 3.07. The normalized spacial score (nSPS) is 13.4. The lowest BCUT2D eigenvalue weighted by atomic mass is 9.94. The van der Waals surface area contributed by atoms with E-state index in [0.717, 1.165) is 17.7 Å². The summed E-state index contributed by atoms with van der Waals surface area (Å²) in [6, 6.07) is 10.3. The van der Waals surface area contributed by atoms with Gasteiger partial charge < -0.3 is 9.84 Å². The zero-order valence-corrected chi connectivity index (χ0v) is 13.6. The highest BCUT2D eigenvalue weighted by molar-refractivity contribution is 5.28. The summed E-state index contributed by atoms with van der Waals surface area (Å²) < 4.78 is 34.5. The molecular weight excluding hydrogens is 328 g/mol. The van der Waals surface area contributed by atoms with Gasteiger partial charge in [-0.05, 0) is 25.1 Å².